The minimum Gasteiger partial charge on any atom is -0.287 e. The van der Waals surface area contributed by atoms with E-state index in [9.17, 15) is 5.11 Å². The van der Waals surface area contributed by atoms with Crippen molar-refractivity contribution in [3.63, 3.8) is 0 Å². The number of nitrogens with zero attached hydrogens (tertiary/aromatic N) is 2. The highest BCUT2D eigenvalue weighted by atomic mass is 16.6. The van der Waals surface area contributed by atoms with E-state index in [-0.39, 0.29) is 5.75 Å². The zero-order valence-electron chi connectivity index (χ0n) is 4.94. The molecule has 49 valence electrons. The summed E-state index contributed by atoms with van der Waals surface area (Å²) in [5.74, 6) is -0.154. The maximum Gasteiger partial charge on any atom is 0.210 e. The van der Waals surface area contributed by atoms with Gasteiger partial charge in [-0.05, 0) is 22.4 Å². The van der Waals surface area contributed by atoms with Crippen LogP contribution in [0, 0.1) is 0 Å². The van der Waals surface area contributed by atoms with Crippen LogP contribution in [0.4, 0.5) is 0 Å². The van der Waals surface area contributed by atoms with Crippen LogP contribution in [0.2, 0.25) is 0 Å². The first kappa shape index (κ1) is 5.22. The Morgan fingerprint density at radius 3 is 3.00 bits per heavy atom. The fraction of sp³-hybridized carbons (Fsp3) is 0. The van der Waals surface area contributed by atoms with Gasteiger partial charge in [-0.15, -0.1) is 0 Å². The lowest BCUT2D eigenvalue weighted by Crippen LogP contribution is -1.67. The van der Waals surface area contributed by atoms with Crippen LogP contribution in [0.5, 0.6) is 5.75 Å². The predicted molar refractivity (Wildman–Crippen MR) is 31.9 cm³/mol. The van der Waals surface area contributed by atoms with Gasteiger partial charge in [0.25, 0.3) is 0 Å². The summed E-state index contributed by atoms with van der Waals surface area (Å²) in [5, 5.41) is 17.8. The van der Waals surface area contributed by atoms with Gasteiger partial charge in [0.05, 0.1) is 0 Å². The van der Waals surface area contributed by atoms with Crippen molar-refractivity contribution in [2.24, 2.45) is 0 Å². The first-order chi connectivity index (χ1) is 4.88. The monoisotopic (exact) mass is 135 g/mol. The van der Waals surface area contributed by atoms with Crippen LogP contribution in [-0.2, 0) is 5.11 Å². The van der Waals surface area contributed by atoms with Gasteiger partial charge < -0.3 is 0 Å². The van der Waals surface area contributed by atoms with Crippen molar-refractivity contribution in [1.82, 2.24) is 10.3 Å². The van der Waals surface area contributed by atoms with Gasteiger partial charge in [-0.2, -0.15) is 0 Å². The number of benzene rings is 1. The summed E-state index contributed by atoms with van der Waals surface area (Å²) in [4.78, 5) is 0. The molecule has 0 aliphatic heterocycles. The van der Waals surface area contributed by atoms with Gasteiger partial charge in [-0.1, -0.05) is 6.07 Å². The van der Waals surface area contributed by atoms with E-state index in [4.69, 9.17) is 0 Å². The first-order valence-corrected chi connectivity index (χ1v) is 2.76. The number of fused-ring (bicyclic) bond motifs is 1. The Balaban J connectivity index is 2.95. The van der Waals surface area contributed by atoms with Crippen LogP contribution >= 0.6 is 0 Å². The topological polar surface area (TPSA) is 58.8 Å². The van der Waals surface area contributed by atoms with E-state index in [2.05, 4.69) is 14.9 Å². The molecule has 0 N–H and O–H groups in total. The van der Waals surface area contributed by atoms with Crippen molar-refractivity contribution in [2.75, 3.05) is 0 Å². The SMILES string of the molecule is [O]c1cccc2nonc12. The lowest BCUT2D eigenvalue weighted by Gasteiger charge is -1.81. The van der Waals surface area contributed by atoms with Crippen LogP contribution < -0.4 is 0 Å². The van der Waals surface area contributed by atoms with E-state index in [0.717, 1.165) is 0 Å². The summed E-state index contributed by atoms with van der Waals surface area (Å²) in [6, 6.07) is 4.72. The van der Waals surface area contributed by atoms with E-state index in [1.54, 1.807) is 12.1 Å². The Bertz CT molecular complexity index is 355. The molecule has 2 rings (SSSR count). The summed E-state index contributed by atoms with van der Waals surface area (Å²) in [6.07, 6.45) is 0. The largest absolute Gasteiger partial charge is 0.287 e. The van der Waals surface area contributed by atoms with Gasteiger partial charge in [-0.3, -0.25) is 5.11 Å². The molecule has 0 fully saturated rings. The average Bonchev–Trinajstić information content (AvgIpc) is 2.36. The van der Waals surface area contributed by atoms with Crippen molar-refractivity contribution < 1.29 is 9.74 Å². The normalized spacial score (nSPS) is 10.4. The fourth-order valence-corrected chi connectivity index (χ4v) is 0.781. The lowest BCUT2D eigenvalue weighted by atomic mass is 10.3. The molecule has 4 nitrogen and oxygen atoms in total. The molecule has 1 heterocycles. The second-order valence-electron chi connectivity index (χ2n) is 1.89. The predicted octanol–water partition coefficient (Wildman–Crippen LogP) is 1.37. The Morgan fingerprint density at radius 1 is 1.30 bits per heavy atom. The average molecular weight is 135 g/mol. The number of hydrogen-bond acceptors (Lipinski definition) is 3. The molecule has 0 amide bonds. The lowest BCUT2D eigenvalue weighted by molar-refractivity contribution is 0.311. The van der Waals surface area contributed by atoms with Gasteiger partial charge >= 0.3 is 0 Å². The van der Waals surface area contributed by atoms with Gasteiger partial charge in [0.2, 0.25) is 5.75 Å². The molecule has 1 aromatic carbocycles. The molecule has 0 spiro atoms. The van der Waals surface area contributed by atoms with Crippen molar-refractivity contribution >= 4 is 11.0 Å². The second-order valence-corrected chi connectivity index (χ2v) is 1.89. The van der Waals surface area contributed by atoms with E-state index in [1.165, 1.54) is 6.07 Å². The Hall–Kier alpha value is -1.58. The Kier molecular flexibility index (Phi) is 0.887. The minimum atomic E-state index is -0.154. The molecule has 1 radical (unpaired) electrons. The van der Waals surface area contributed by atoms with Gasteiger partial charge in [-0.25, -0.2) is 4.63 Å². The summed E-state index contributed by atoms with van der Waals surface area (Å²) < 4.78 is 4.35. The molecule has 0 bridgehead atoms. The maximum absolute atomic E-state index is 10.9. The molecule has 0 unspecified atom stereocenters. The van der Waals surface area contributed by atoms with Crippen LogP contribution in [0.25, 0.3) is 11.0 Å². The summed E-state index contributed by atoms with van der Waals surface area (Å²) in [7, 11) is 0. The fourth-order valence-electron chi connectivity index (χ4n) is 0.781. The van der Waals surface area contributed by atoms with Gasteiger partial charge in [0.15, 0.2) is 5.52 Å². The molecule has 0 atom stereocenters. The minimum absolute atomic E-state index is 0.154. The number of hydrogen-bond donors (Lipinski definition) is 0. The van der Waals surface area contributed by atoms with Gasteiger partial charge in [0.1, 0.15) is 5.52 Å². The van der Waals surface area contributed by atoms with Crippen molar-refractivity contribution in [1.29, 1.82) is 0 Å². The highest BCUT2D eigenvalue weighted by molar-refractivity contribution is 5.79. The van der Waals surface area contributed by atoms with Crippen LogP contribution in [0.3, 0.4) is 0 Å². The molecule has 1 aromatic heterocycles. The third-order valence-electron chi connectivity index (χ3n) is 1.25. The molecule has 0 saturated carbocycles. The Morgan fingerprint density at radius 2 is 2.20 bits per heavy atom. The molecule has 4 heteroatoms. The second kappa shape index (κ2) is 1.70. The molecule has 0 saturated heterocycles. The number of rotatable bonds is 0. The maximum atomic E-state index is 10.9. The molecular formula is C6H3N2O2. The zero-order valence-corrected chi connectivity index (χ0v) is 4.94. The molecule has 2 aromatic rings. The van der Waals surface area contributed by atoms with E-state index < -0.39 is 0 Å². The molecule has 0 aliphatic rings. The Labute approximate surface area is 56.0 Å². The van der Waals surface area contributed by atoms with Crippen LogP contribution in [-0.4, -0.2) is 10.3 Å². The molecule has 0 aliphatic carbocycles. The highest BCUT2D eigenvalue weighted by Crippen LogP contribution is 2.20. The number of aromatic nitrogens is 2. The summed E-state index contributed by atoms with van der Waals surface area (Å²) in [6.45, 7) is 0. The highest BCUT2D eigenvalue weighted by Gasteiger charge is 2.04. The zero-order chi connectivity index (χ0) is 6.97. The quantitative estimate of drug-likeness (QED) is 0.548. The van der Waals surface area contributed by atoms with Crippen LogP contribution in [0.15, 0.2) is 22.8 Å². The van der Waals surface area contributed by atoms with Crippen LogP contribution in [0.1, 0.15) is 0 Å². The third kappa shape index (κ3) is 0.556. The molecular weight excluding hydrogens is 132 g/mol. The summed E-state index contributed by atoms with van der Waals surface area (Å²) in [5.41, 5.74) is 0.801. The standard InChI is InChI=1S/C6H3N2O2/c9-5-3-1-2-4-6(5)8-10-7-4/h1-3H. The molecule has 10 heavy (non-hydrogen) atoms. The summed E-state index contributed by atoms with van der Waals surface area (Å²) >= 11 is 0. The van der Waals surface area contributed by atoms with Crippen molar-refractivity contribution in [3.05, 3.63) is 18.2 Å². The van der Waals surface area contributed by atoms with E-state index in [1.807, 2.05) is 0 Å². The first-order valence-electron chi connectivity index (χ1n) is 2.76. The third-order valence-corrected chi connectivity index (χ3v) is 1.25. The van der Waals surface area contributed by atoms with Crippen molar-refractivity contribution in [2.45, 2.75) is 0 Å². The van der Waals surface area contributed by atoms with E-state index in [0.29, 0.717) is 11.0 Å². The van der Waals surface area contributed by atoms with Crippen molar-refractivity contribution in [3.8, 4) is 5.75 Å². The smallest absolute Gasteiger partial charge is 0.210 e. The van der Waals surface area contributed by atoms with E-state index >= 15 is 0 Å². The van der Waals surface area contributed by atoms with Gasteiger partial charge in [0, 0.05) is 0 Å².